The van der Waals surface area contributed by atoms with Crippen molar-refractivity contribution >= 4 is 23.2 Å². The fourth-order valence-electron chi connectivity index (χ4n) is 2.38. The van der Waals surface area contributed by atoms with Crippen LogP contribution in [-0.2, 0) is 0 Å². The summed E-state index contributed by atoms with van der Waals surface area (Å²) in [6, 6.07) is 7.95. The number of nitrogens with zero attached hydrogens (tertiary/aromatic N) is 1. The van der Waals surface area contributed by atoms with Crippen LogP contribution in [0.5, 0.6) is 0 Å². The molecule has 1 aliphatic rings. The van der Waals surface area contributed by atoms with Crippen LogP contribution < -0.4 is 10.2 Å². The Morgan fingerprint density at radius 3 is 2.26 bits per heavy atom. The molecule has 0 aromatic heterocycles. The van der Waals surface area contributed by atoms with Gasteiger partial charge in [0, 0.05) is 36.8 Å². The largest absolute Gasteiger partial charge is 0.378 e. The van der Waals surface area contributed by atoms with E-state index in [1.54, 1.807) is 0 Å². The number of halogens is 1. The van der Waals surface area contributed by atoms with Gasteiger partial charge in [0.1, 0.15) is 0 Å². The van der Waals surface area contributed by atoms with Crippen molar-refractivity contribution in [1.29, 1.82) is 0 Å². The van der Waals surface area contributed by atoms with Crippen LogP contribution in [0.15, 0.2) is 24.3 Å². The molecule has 0 atom stereocenters. The molecule has 1 aromatic rings. The van der Waals surface area contributed by atoms with E-state index in [0.717, 1.165) is 36.9 Å². The van der Waals surface area contributed by atoms with Crippen LogP contribution in [0.2, 0.25) is 0 Å². The van der Waals surface area contributed by atoms with Crippen LogP contribution in [0.3, 0.4) is 0 Å². The van der Waals surface area contributed by atoms with Crippen molar-refractivity contribution in [3.05, 3.63) is 29.8 Å². The minimum atomic E-state index is 0.0170. The Morgan fingerprint density at radius 2 is 1.74 bits per heavy atom. The summed E-state index contributed by atoms with van der Waals surface area (Å²) in [6.07, 6.45) is 3.95. The summed E-state index contributed by atoms with van der Waals surface area (Å²) in [7, 11) is 3.97. The lowest BCUT2D eigenvalue weighted by Crippen LogP contribution is -2.37. The van der Waals surface area contributed by atoms with E-state index in [4.69, 9.17) is 11.6 Å². The second-order valence-electron chi connectivity index (χ2n) is 5.36. The molecule has 0 unspecified atom stereocenters. The predicted octanol–water partition coefficient (Wildman–Crippen LogP) is 3.03. The molecule has 1 saturated carbocycles. The Bertz CT molecular complexity index is 422. The lowest BCUT2D eigenvalue weighted by molar-refractivity contribution is 0.0928. The molecular formula is C15H21ClN2O. The first-order chi connectivity index (χ1) is 9.06. The summed E-state index contributed by atoms with van der Waals surface area (Å²) in [6.45, 7) is 0. The molecule has 1 amide bonds. The average molecular weight is 281 g/mol. The number of rotatable bonds is 3. The molecule has 1 aromatic carbocycles. The van der Waals surface area contributed by atoms with E-state index in [2.05, 4.69) is 5.32 Å². The fraction of sp³-hybridized carbons (Fsp3) is 0.533. The Hall–Kier alpha value is -1.22. The monoisotopic (exact) mass is 280 g/mol. The van der Waals surface area contributed by atoms with Gasteiger partial charge in [-0.2, -0.15) is 0 Å². The van der Waals surface area contributed by atoms with Gasteiger partial charge in [-0.15, -0.1) is 11.6 Å². The van der Waals surface area contributed by atoms with E-state index < -0.39 is 0 Å². The average Bonchev–Trinajstić information content (AvgIpc) is 2.41. The van der Waals surface area contributed by atoms with E-state index in [1.807, 2.05) is 43.3 Å². The van der Waals surface area contributed by atoms with Gasteiger partial charge in [0.05, 0.1) is 0 Å². The highest BCUT2D eigenvalue weighted by atomic mass is 35.5. The summed E-state index contributed by atoms with van der Waals surface area (Å²) in [4.78, 5) is 14.1. The molecule has 1 N–H and O–H groups in total. The maximum atomic E-state index is 12.1. The van der Waals surface area contributed by atoms with Crippen LogP contribution >= 0.6 is 11.6 Å². The van der Waals surface area contributed by atoms with Crippen molar-refractivity contribution in [3.63, 3.8) is 0 Å². The number of hydrogen-bond acceptors (Lipinski definition) is 2. The van der Waals surface area contributed by atoms with Crippen molar-refractivity contribution in [1.82, 2.24) is 5.32 Å². The molecule has 104 valence electrons. The molecule has 19 heavy (non-hydrogen) atoms. The molecule has 2 rings (SSSR count). The highest BCUT2D eigenvalue weighted by Crippen LogP contribution is 2.23. The maximum Gasteiger partial charge on any atom is 0.251 e. The van der Waals surface area contributed by atoms with Gasteiger partial charge >= 0.3 is 0 Å². The zero-order chi connectivity index (χ0) is 13.8. The zero-order valence-electron chi connectivity index (χ0n) is 11.5. The molecule has 0 saturated heterocycles. The number of benzene rings is 1. The Kier molecular flexibility index (Phi) is 4.70. The number of hydrogen-bond donors (Lipinski definition) is 1. The lowest BCUT2D eigenvalue weighted by atomic mass is 9.95. The standard InChI is InChI=1S/C15H21ClN2O/c1-18(2)14-9-3-11(4-10-14)15(19)17-13-7-5-12(16)6-8-13/h3-4,9-10,12-13H,5-8H2,1-2H3,(H,17,19). The Labute approximate surface area is 119 Å². The summed E-state index contributed by atoms with van der Waals surface area (Å²) < 4.78 is 0. The molecule has 0 spiro atoms. The van der Waals surface area contributed by atoms with Gasteiger partial charge < -0.3 is 10.2 Å². The second-order valence-corrected chi connectivity index (χ2v) is 5.98. The van der Waals surface area contributed by atoms with E-state index in [0.29, 0.717) is 0 Å². The molecule has 1 fully saturated rings. The highest BCUT2D eigenvalue weighted by molar-refractivity contribution is 6.20. The molecule has 0 heterocycles. The third kappa shape index (κ3) is 3.87. The normalized spacial score (nSPS) is 22.9. The van der Waals surface area contributed by atoms with Crippen molar-refractivity contribution in [3.8, 4) is 0 Å². The first-order valence-electron chi connectivity index (χ1n) is 6.78. The predicted molar refractivity (Wildman–Crippen MR) is 80.1 cm³/mol. The molecule has 0 aliphatic heterocycles. The van der Waals surface area contributed by atoms with Crippen LogP contribution in [0.4, 0.5) is 5.69 Å². The molecule has 1 aliphatic carbocycles. The minimum absolute atomic E-state index is 0.0170. The first-order valence-corrected chi connectivity index (χ1v) is 7.22. The zero-order valence-corrected chi connectivity index (χ0v) is 12.3. The number of alkyl halides is 1. The topological polar surface area (TPSA) is 32.3 Å². The van der Waals surface area contributed by atoms with Crippen LogP contribution in [0.1, 0.15) is 36.0 Å². The third-order valence-electron chi connectivity index (χ3n) is 3.64. The molecule has 0 radical (unpaired) electrons. The smallest absolute Gasteiger partial charge is 0.251 e. The van der Waals surface area contributed by atoms with Gasteiger partial charge in [-0.05, 0) is 49.9 Å². The summed E-state index contributed by atoms with van der Waals surface area (Å²) in [5.74, 6) is 0.0170. The molecule has 3 nitrogen and oxygen atoms in total. The molecular weight excluding hydrogens is 260 g/mol. The summed E-state index contributed by atoms with van der Waals surface area (Å²) in [5.41, 5.74) is 1.82. The Balaban J connectivity index is 1.92. The fourth-order valence-corrected chi connectivity index (χ4v) is 2.63. The van der Waals surface area contributed by atoms with E-state index in [-0.39, 0.29) is 17.3 Å². The van der Waals surface area contributed by atoms with Gasteiger partial charge in [-0.1, -0.05) is 0 Å². The van der Waals surface area contributed by atoms with E-state index >= 15 is 0 Å². The van der Waals surface area contributed by atoms with Crippen LogP contribution in [-0.4, -0.2) is 31.4 Å². The van der Waals surface area contributed by atoms with Gasteiger partial charge in [-0.3, -0.25) is 4.79 Å². The number of nitrogens with one attached hydrogen (secondary N) is 1. The second kappa shape index (κ2) is 6.29. The van der Waals surface area contributed by atoms with Gasteiger partial charge in [0.25, 0.3) is 5.91 Å². The van der Waals surface area contributed by atoms with E-state index in [9.17, 15) is 4.79 Å². The molecule has 0 bridgehead atoms. The lowest BCUT2D eigenvalue weighted by Gasteiger charge is -2.25. The Morgan fingerprint density at radius 1 is 1.16 bits per heavy atom. The first kappa shape index (κ1) is 14.2. The van der Waals surface area contributed by atoms with Gasteiger partial charge in [0.2, 0.25) is 0 Å². The highest BCUT2D eigenvalue weighted by Gasteiger charge is 2.21. The van der Waals surface area contributed by atoms with Crippen LogP contribution in [0.25, 0.3) is 0 Å². The van der Waals surface area contributed by atoms with Crippen molar-refractivity contribution in [2.75, 3.05) is 19.0 Å². The summed E-state index contributed by atoms with van der Waals surface area (Å²) in [5, 5.41) is 3.38. The third-order valence-corrected chi connectivity index (χ3v) is 4.07. The van der Waals surface area contributed by atoms with Crippen molar-refractivity contribution in [2.24, 2.45) is 0 Å². The SMILES string of the molecule is CN(C)c1ccc(C(=O)NC2CCC(Cl)CC2)cc1. The van der Waals surface area contributed by atoms with Gasteiger partial charge in [0.15, 0.2) is 0 Å². The minimum Gasteiger partial charge on any atom is -0.378 e. The summed E-state index contributed by atoms with van der Waals surface area (Å²) >= 11 is 6.07. The number of carbonyl (C=O) groups excluding carboxylic acids is 1. The number of carbonyl (C=O) groups is 1. The van der Waals surface area contributed by atoms with Gasteiger partial charge in [-0.25, -0.2) is 0 Å². The van der Waals surface area contributed by atoms with E-state index in [1.165, 1.54) is 0 Å². The van der Waals surface area contributed by atoms with Crippen molar-refractivity contribution < 1.29 is 4.79 Å². The number of anilines is 1. The number of amides is 1. The van der Waals surface area contributed by atoms with Crippen LogP contribution in [0, 0.1) is 0 Å². The van der Waals surface area contributed by atoms with Crippen molar-refractivity contribution in [2.45, 2.75) is 37.1 Å². The maximum absolute atomic E-state index is 12.1. The molecule has 4 heteroatoms. The quantitative estimate of drug-likeness (QED) is 0.863.